The van der Waals surface area contributed by atoms with Crippen LogP contribution in [0.3, 0.4) is 0 Å². The number of imide groups is 1. The van der Waals surface area contributed by atoms with Gasteiger partial charge >= 0.3 is 5.97 Å². The van der Waals surface area contributed by atoms with E-state index in [1.54, 1.807) is 13.8 Å². The highest BCUT2D eigenvalue weighted by atomic mass is 16.4. The van der Waals surface area contributed by atoms with Crippen molar-refractivity contribution in [2.24, 2.45) is 17.3 Å². The zero-order valence-corrected chi connectivity index (χ0v) is 12.3. The van der Waals surface area contributed by atoms with E-state index < -0.39 is 12.0 Å². The highest BCUT2D eigenvalue weighted by Gasteiger charge is 2.46. The maximum Gasteiger partial charge on any atom is 0.305 e. The van der Waals surface area contributed by atoms with Gasteiger partial charge in [-0.3, -0.25) is 19.3 Å². The first-order chi connectivity index (χ1) is 8.54. The van der Waals surface area contributed by atoms with Gasteiger partial charge in [0.15, 0.2) is 0 Å². The van der Waals surface area contributed by atoms with Crippen LogP contribution >= 0.6 is 0 Å². The van der Waals surface area contributed by atoms with Crippen molar-refractivity contribution >= 4 is 17.8 Å². The van der Waals surface area contributed by atoms with Crippen LogP contribution in [0.4, 0.5) is 0 Å². The summed E-state index contributed by atoms with van der Waals surface area (Å²) in [6.07, 6.45) is 0.310. The Morgan fingerprint density at radius 3 is 1.95 bits per heavy atom. The number of amides is 2. The van der Waals surface area contributed by atoms with E-state index in [1.807, 2.05) is 20.8 Å². The number of rotatable bonds is 4. The number of hydrogen-bond donors (Lipinski definition) is 1. The molecule has 0 bridgehead atoms. The minimum atomic E-state index is -0.984. The van der Waals surface area contributed by atoms with Crippen molar-refractivity contribution in [3.8, 4) is 0 Å². The SMILES string of the molecule is CC1C(=O)N(C(CC(=O)O)CC(C)(C)C)C(=O)C1C. The Morgan fingerprint density at radius 2 is 1.63 bits per heavy atom. The van der Waals surface area contributed by atoms with Crippen molar-refractivity contribution < 1.29 is 19.5 Å². The lowest BCUT2D eigenvalue weighted by Crippen LogP contribution is -2.43. The number of nitrogens with zero attached hydrogens (tertiary/aromatic N) is 1. The Hall–Kier alpha value is -1.39. The molecule has 0 aromatic rings. The van der Waals surface area contributed by atoms with Crippen LogP contribution < -0.4 is 0 Å². The van der Waals surface area contributed by atoms with Crippen LogP contribution in [0.5, 0.6) is 0 Å². The quantitative estimate of drug-likeness (QED) is 0.791. The summed E-state index contributed by atoms with van der Waals surface area (Å²) in [7, 11) is 0. The monoisotopic (exact) mass is 269 g/mol. The van der Waals surface area contributed by atoms with E-state index in [0.717, 1.165) is 0 Å². The molecule has 1 aliphatic heterocycles. The second kappa shape index (κ2) is 5.31. The van der Waals surface area contributed by atoms with Gasteiger partial charge in [0.2, 0.25) is 11.8 Å². The Bertz CT molecular complexity index is 377. The molecular weight excluding hydrogens is 246 g/mol. The van der Waals surface area contributed by atoms with E-state index in [0.29, 0.717) is 6.42 Å². The van der Waals surface area contributed by atoms with E-state index in [1.165, 1.54) is 4.90 Å². The first-order valence-electron chi connectivity index (χ1n) is 6.63. The molecule has 0 aromatic carbocycles. The topological polar surface area (TPSA) is 74.7 Å². The van der Waals surface area contributed by atoms with Gasteiger partial charge in [-0.15, -0.1) is 0 Å². The molecule has 0 saturated carbocycles. The standard InChI is InChI=1S/C14H23NO4/c1-8-9(2)13(19)15(12(8)18)10(6-11(16)17)7-14(3,4)5/h8-10H,6-7H2,1-5H3,(H,16,17). The fourth-order valence-corrected chi connectivity index (χ4v) is 2.50. The van der Waals surface area contributed by atoms with Gasteiger partial charge in [0.25, 0.3) is 0 Å². The first kappa shape index (κ1) is 15.7. The van der Waals surface area contributed by atoms with Gasteiger partial charge < -0.3 is 5.11 Å². The summed E-state index contributed by atoms with van der Waals surface area (Å²) in [6.45, 7) is 9.36. The van der Waals surface area contributed by atoms with Crippen molar-refractivity contribution in [2.75, 3.05) is 0 Å². The Kier molecular flexibility index (Phi) is 4.38. The van der Waals surface area contributed by atoms with Gasteiger partial charge in [-0.05, 0) is 11.8 Å². The van der Waals surface area contributed by atoms with Crippen LogP contribution in [-0.4, -0.2) is 33.8 Å². The maximum absolute atomic E-state index is 12.1. The molecule has 1 N–H and O–H groups in total. The van der Waals surface area contributed by atoms with Crippen molar-refractivity contribution in [3.63, 3.8) is 0 Å². The Labute approximate surface area is 114 Å². The molecule has 1 aliphatic rings. The van der Waals surface area contributed by atoms with Crippen LogP contribution in [0, 0.1) is 17.3 Å². The summed E-state index contributed by atoms with van der Waals surface area (Å²) in [5.41, 5.74) is -0.143. The fraction of sp³-hybridized carbons (Fsp3) is 0.786. The molecule has 5 heteroatoms. The smallest absolute Gasteiger partial charge is 0.305 e. The van der Waals surface area contributed by atoms with Gasteiger partial charge in [-0.2, -0.15) is 0 Å². The molecule has 19 heavy (non-hydrogen) atoms. The molecule has 2 amide bonds. The highest BCUT2D eigenvalue weighted by Crippen LogP contribution is 2.33. The van der Waals surface area contributed by atoms with Gasteiger partial charge in [0, 0.05) is 11.8 Å². The summed E-state index contributed by atoms with van der Waals surface area (Å²) >= 11 is 0. The van der Waals surface area contributed by atoms with Crippen LogP contribution in [0.15, 0.2) is 0 Å². The second-order valence-corrected chi connectivity index (χ2v) is 6.64. The van der Waals surface area contributed by atoms with E-state index in [4.69, 9.17) is 5.11 Å². The number of likely N-dealkylation sites (tertiary alicyclic amines) is 1. The highest BCUT2D eigenvalue weighted by molar-refractivity contribution is 6.05. The van der Waals surface area contributed by atoms with Crippen molar-refractivity contribution in [3.05, 3.63) is 0 Å². The number of aliphatic carboxylic acids is 1. The van der Waals surface area contributed by atoms with E-state index in [9.17, 15) is 14.4 Å². The molecule has 0 aliphatic carbocycles. The molecule has 1 heterocycles. The van der Waals surface area contributed by atoms with Crippen LogP contribution in [0.1, 0.15) is 47.5 Å². The van der Waals surface area contributed by atoms with E-state index in [2.05, 4.69) is 0 Å². The average molecular weight is 269 g/mol. The van der Waals surface area contributed by atoms with Crippen molar-refractivity contribution in [1.82, 2.24) is 4.90 Å². The summed E-state index contributed by atoms with van der Waals surface area (Å²) in [5.74, 6) is -2.18. The predicted octanol–water partition coefficient (Wildman–Crippen LogP) is 1.91. The fourth-order valence-electron chi connectivity index (χ4n) is 2.50. The molecule has 0 aromatic heterocycles. The molecular formula is C14H23NO4. The summed E-state index contributed by atoms with van der Waals surface area (Å²) < 4.78 is 0. The molecule has 5 nitrogen and oxygen atoms in total. The zero-order valence-electron chi connectivity index (χ0n) is 12.3. The first-order valence-corrected chi connectivity index (χ1v) is 6.63. The van der Waals surface area contributed by atoms with Crippen molar-refractivity contribution in [1.29, 1.82) is 0 Å². The number of carboxylic acids is 1. The predicted molar refractivity (Wildman–Crippen MR) is 70.3 cm³/mol. The van der Waals surface area contributed by atoms with Gasteiger partial charge in [0.1, 0.15) is 0 Å². The minimum Gasteiger partial charge on any atom is -0.481 e. The molecule has 108 valence electrons. The Balaban J connectivity index is 3.00. The molecule has 3 unspecified atom stereocenters. The number of hydrogen-bond acceptors (Lipinski definition) is 3. The number of carboxylic acid groups (broad SMARTS) is 1. The third-order valence-corrected chi connectivity index (χ3v) is 3.63. The largest absolute Gasteiger partial charge is 0.481 e. The van der Waals surface area contributed by atoms with Crippen LogP contribution in [0.2, 0.25) is 0 Å². The molecule has 3 atom stereocenters. The van der Waals surface area contributed by atoms with Gasteiger partial charge in [-0.1, -0.05) is 34.6 Å². The maximum atomic E-state index is 12.1. The Morgan fingerprint density at radius 1 is 1.21 bits per heavy atom. The van der Waals surface area contributed by atoms with Crippen molar-refractivity contribution in [2.45, 2.75) is 53.5 Å². The molecule has 0 radical (unpaired) electrons. The minimum absolute atomic E-state index is 0.143. The number of carbonyl (C=O) groups excluding carboxylic acids is 2. The van der Waals surface area contributed by atoms with E-state index >= 15 is 0 Å². The zero-order chi connectivity index (χ0) is 15.0. The van der Waals surface area contributed by atoms with Gasteiger partial charge in [0.05, 0.1) is 12.5 Å². The lowest BCUT2D eigenvalue weighted by atomic mass is 9.86. The molecule has 0 spiro atoms. The molecule has 1 rings (SSSR count). The van der Waals surface area contributed by atoms with Crippen LogP contribution in [0.25, 0.3) is 0 Å². The van der Waals surface area contributed by atoms with Gasteiger partial charge in [-0.25, -0.2) is 0 Å². The molecule has 1 fully saturated rings. The summed E-state index contributed by atoms with van der Waals surface area (Å²) in [6, 6.07) is -0.551. The lowest BCUT2D eigenvalue weighted by molar-refractivity contribution is -0.146. The molecule has 1 saturated heterocycles. The number of carbonyl (C=O) groups is 3. The summed E-state index contributed by atoms with van der Waals surface area (Å²) in [4.78, 5) is 36.5. The normalized spacial score (nSPS) is 25.8. The lowest BCUT2D eigenvalue weighted by Gasteiger charge is -2.31. The second-order valence-electron chi connectivity index (χ2n) is 6.64. The third-order valence-electron chi connectivity index (χ3n) is 3.63. The van der Waals surface area contributed by atoms with E-state index in [-0.39, 0.29) is 35.5 Å². The summed E-state index contributed by atoms with van der Waals surface area (Å²) in [5, 5.41) is 9.00. The van der Waals surface area contributed by atoms with Crippen LogP contribution in [-0.2, 0) is 14.4 Å². The third kappa shape index (κ3) is 3.55. The average Bonchev–Trinajstić information content (AvgIpc) is 2.40.